The molecule has 1 aromatic heterocycles. The standard InChI is InChI=1S/C13H14ClFN4O/c14-10-7-9(1-2-11(10)15)13-17-12(20-18-13)8-19-5-3-16-4-6-19/h1-2,7,16H,3-6,8H2. The molecule has 20 heavy (non-hydrogen) atoms. The van der Waals surface area contributed by atoms with Crippen molar-refractivity contribution in [3.63, 3.8) is 0 Å². The van der Waals surface area contributed by atoms with E-state index in [1.807, 2.05) is 0 Å². The van der Waals surface area contributed by atoms with Crippen LogP contribution >= 0.6 is 11.6 Å². The molecule has 7 heteroatoms. The van der Waals surface area contributed by atoms with Crippen LogP contribution in [0.15, 0.2) is 22.7 Å². The zero-order valence-corrected chi connectivity index (χ0v) is 11.5. The molecule has 0 amide bonds. The van der Waals surface area contributed by atoms with Gasteiger partial charge < -0.3 is 9.84 Å². The minimum atomic E-state index is -0.458. The van der Waals surface area contributed by atoms with E-state index in [4.69, 9.17) is 16.1 Å². The van der Waals surface area contributed by atoms with Crippen molar-refractivity contribution in [2.24, 2.45) is 0 Å². The first-order chi connectivity index (χ1) is 9.72. The summed E-state index contributed by atoms with van der Waals surface area (Å²) in [6, 6.07) is 4.38. The Morgan fingerprint density at radius 2 is 2.15 bits per heavy atom. The highest BCUT2D eigenvalue weighted by Gasteiger charge is 2.15. The molecule has 0 saturated carbocycles. The fourth-order valence-corrected chi connectivity index (χ4v) is 2.31. The molecule has 0 radical (unpaired) electrons. The third kappa shape index (κ3) is 2.98. The fourth-order valence-electron chi connectivity index (χ4n) is 2.13. The van der Waals surface area contributed by atoms with E-state index >= 15 is 0 Å². The van der Waals surface area contributed by atoms with Crippen molar-refractivity contribution in [2.45, 2.75) is 6.54 Å². The van der Waals surface area contributed by atoms with Crippen molar-refractivity contribution in [3.05, 3.63) is 34.9 Å². The summed E-state index contributed by atoms with van der Waals surface area (Å²) in [5, 5.41) is 7.25. The van der Waals surface area contributed by atoms with Crippen LogP contribution in [-0.2, 0) is 6.54 Å². The lowest BCUT2D eigenvalue weighted by atomic mass is 10.2. The van der Waals surface area contributed by atoms with Crippen LogP contribution in [0.25, 0.3) is 11.4 Å². The van der Waals surface area contributed by atoms with Crippen LogP contribution in [0.1, 0.15) is 5.89 Å². The SMILES string of the molecule is Fc1ccc(-c2noc(CN3CCNCC3)n2)cc1Cl. The minimum absolute atomic E-state index is 0.0518. The summed E-state index contributed by atoms with van der Waals surface area (Å²) in [7, 11) is 0. The summed E-state index contributed by atoms with van der Waals surface area (Å²) in [5.74, 6) is 0.527. The number of rotatable bonds is 3. The summed E-state index contributed by atoms with van der Waals surface area (Å²) >= 11 is 5.75. The number of aromatic nitrogens is 2. The van der Waals surface area contributed by atoms with E-state index in [1.165, 1.54) is 12.1 Å². The van der Waals surface area contributed by atoms with Gasteiger partial charge in [-0.05, 0) is 18.2 Å². The van der Waals surface area contributed by atoms with Crippen molar-refractivity contribution in [3.8, 4) is 11.4 Å². The number of hydrogen-bond donors (Lipinski definition) is 1. The number of piperazine rings is 1. The van der Waals surface area contributed by atoms with Crippen molar-refractivity contribution >= 4 is 11.6 Å². The molecular weight excluding hydrogens is 283 g/mol. The Kier molecular flexibility index (Phi) is 3.95. The van der Waals surface area contributed by atoms with Crippen LogP contribution in [0.2, 0.25) is 5.02 Å². The molecule has 1 aliphatic heterocycles. The molecule has 1 aliphatic rings. The lowest BCUT2D eigenvalue weighted by Crippen LogP contribution is -2.42. The van der Waals surface area contributed by atoms with Gasteiger partial charge in [0.2, 0.25) is 11.7 Å². The third-order valence-electron chi connectivity index (χ3n) is 3.21. The van der Waals surface area contributed by atoms with Gasteiger partial charge in [-0.15, -0.1) is 0 Å². The van der Waals surface area contributed by atoms with Gasteiger partial charge >= 0.3 is 0 Å². The summed E-state index contributed by atoms with van der Waals surface area (Å²) in [6.45, 7) is 4.48. The molecule has 5 nitrogen and oxygen atoms in total. The largest absolute Gasteiger partial charge is 0.338 e. The Balaban J connectivity index is 1.73. The lowest BCUT2D eigenvalue weighted by molar-refractivity contribution is 0.203. The van der Waals surface area contributed by atoms with Crippen molar-refractivity contribution < 1.29 is 8.91 Å². The highest BCUT2D eigenvalue weighted by atomic mass is 35.5. The number of nitrogens with one attached hydrogen (secondary N) is 1. The predicted molar refractivity (Wildman–Crippen MR) is 72.8 cm³/mol. The molecule has 3 rings (SSSR count). The quantitative estimate of drug-likeness (QED) is 0.938. The van der Waals surface area contributed by atoms with E-state index in [-0.39, 0.29) is 5.02 Å². The van der Waals surface area contributed by atoms with Gasteiger partial charge in [0.1, 0.15) is 5.82 Å². The van der Waals surface area contributed by atoms with Gasteiger partial charge in [-0.25, -0.2) is 4.39 Å². The number of halogens is 2. The molecule has 1 N–H and O–H groups in total. The highest BCUT2D eigenvalue weighted by Crippen LogP contribution is 2.23. The molecule has 0 bridgehead atoms. The fraction of sp³-hybridized carbons (Fsp3) is 0.385. The summed E-state index contributed by atoms with van der Waals surface area (Å²) < 4.78 is 18.4. The average molecular weight is 297 g/mol. The van der Waals surface area contributed by atoms with Crippen molar-refractivity contribution in [1.82, 2.24) is 20.4 Å². The zero-order chi connectivity index (χ0) is 13.9. The second-order valence-corrected chi connectivity index (χ2v) is 5.07. The molecule has 1 saturated heterocycles. The van der Waals surface area contributed by atoms with Gasteiger partial charge in [-0.1, -0.05) is 16.8 Å². The number of nitrogens with zero attached hydrogens (tertiary/aromatic N) is 3. The first kappa shape index (κ1) is 13.5. The molecule has 2 aromatic rings. The van der Waals surface area contributed by atoms with E-state index in [0.717, 1.165) is 26.2 Å². The monoisotopic (exact) mass is 296 g/mol. The topological polar surface area (TPSA) is 54.2 Å². The molecule has 106 valence electrons. The van der Waals surface area contributed by atoms with E-state index in [2.05, 4.69) is 20.4 Å². The highest BCUT2D eigenvalue weighted by molar-refractivity contribution is 6.31. The van der Waals surface area contributed by atoms with Gasteiger partial charge in [-0.3, -0.25) is 4.90 Å². The minimum Gasteiger partial charge on any atom is -0.338 e. The Bertz CT molecular complexity index is 598. The smallest absolute Gasteiger partial charge is 0.241 e. The maximum atomic E-state index is 13.1. The Morgan fingerprint density at radius 1 is 1.35 bits per heavy atom. The van der Waals surface area contributed by atoms with Crippen molar-refractivity contribution in [1.29, 1.82) is 0 Å². The first-order valence-corrected chi connectivity index (χ1v) is 6.81. The molecule has 0 aliphatic carbocycles. The Morgan fingerprint density at radius 3 is 2.90 bits per heavy atom. The normalized spacial score (nSPS) is 16.5. The van der Waals surface area contributed by atoms with Crippen molar-refractivity contribution in [2.75, 3.05) is 26.2 Å². The van der Waals surface area contributed by atoms with Gasteiger partial charge in [0.25, 0.3) is 0 Å². The van der Waals surface area contributed by atoms with Gasteiger partial charge in [0, 0.05) is 31.7 Å². The summed E-state index contributed by atoms with van der Waals surface area (Å²) in [6.07, 6.45) is 0. The molecule has 1 aromatic carbocycles. The Labute approximate surface area is 120 Å². The zero-order valence-electron chi connectivity index (χ0n) is 10.8. The maximum absolute atomic E-state index is 13.1. The van der Waals surface area contributed by atoms with Crippen LogP contribution in [0.3, 0.4) is 0 Å². The number of benzene rings is 1. The number of hydrogen-bond acceptors (Lipinski definition) is 5. The van der Waals surface area contributed by atoms with Gasteiger partial charge in [0.05, 0.1) is 11.6 Å². The van der Waals surface area contributed by atoms with E-state index in [9.17, 15) is 4.39 Å². The van der Waals surface area contributed by atoms with Gasteiger partial charge in [0.15, 0.2) is 0 Å². The van der Waals surface area contributed by atoms with E-state index < -0.39 is 5.82 Å². The Hall–Kier alpha value is -1.50. The molecule has 2 heterocycles. The molecular formula is C13H14ClFN4O. The second kappa shape index (κ2) is 5.87. The van der Waals surface area contributed by atoms with Crippen LogP contribution in [0.4, 0.5) is 4.39 Å². The van der Waals surface area contributed by atoms with Crippen LogP contribution in [0.5, 0.6) is 0 Å². The van der Waals surface area contributed by atoms with Gasteiger partial charge in [-0.2, -0.15) is 4.98 Å². The second-order valence-electron chi connectivity index (χ2n) is 4.67. The summed E-state index contributed by atoms with van der Waals surface area (Å²) in [5.41, 5.74) is 0.645. The maximum Gasteiger partial charge on any atom is 0.241 e. The summed E-state index contributed by atoms with van der Waals surface area (Å²) in [4.78, 5) is 6.57. The molecule has 0 spiro atoms. The first-order valence-electron chi connectivity index (χ1n) is 6.43. The lowest BCUT2D eigenvalue weighted by Gasteiger charge is -2.25. The van der Waals surface area contributed by atoms with Crippen LogP contribution in [-0.4, -0.2) is 41.2 Å². The van der Waals surface area contributed by atoms with Crippen LogP contribution in [0, 0.1) is 5.82 Å². The van der Waals surface area contributed by atoms with E-state index in [1.54, 1.807) is 6.07 Å². The third-order valence-corrected chi connectivity index (χ3v) is 3.50. The molecule has 1 fully saturated rings. The predicted octanol–water partition coefficient (Wildman–Crippen LogP) is 1.93. The molecule has 0 atom stereocenters. The van der Waals surface area contributed by atoms with E-state index in [0.29, 0.717) is 23.8 Å². The van der Waals surface area contributed by atoms with Crippen LogP contribution < -0.4 is 5.32 Å². The molecule has 0 unspecified atom stereocenters. The average Bonchev–Trinajstić information content (AvgIpc) is 2.91.